The van der Waals surface area contributed by atoms with Crippen LogP contribution in [0.3, 0.4) is 0 Å². The summed E-state index contributed by atoms with van der Waals surface area (Å²) in [7, 11) is 3.74. The third kappa shape index (κ3) is 6.80. The molecule has 32 heavy (non-hydrogen) atoms. The van der Waals surface area contributed by atoms with Crippen LogP contribution in [0, 0.1) is 0 Å². The molecule has 0 aliphatic carbocycles. The van der Waals surface area contributed by atoms with Crippen molar-refractivity contribution < 1.29 is 14.3 Å². The summed E-state index contributed by atoms with van der Waals surface area (Å²) in [6.07, 6.45) is 0. The smallest absolute Gasteiger partial charge is 0.325 e. The molecule has 0 atom stereocenters. The van der Waals surface area contributed by atoms with Gasteiger partial charge in [0.1, 0.15) is 17.2 Å². The molecule has 1 aliphatic heterocycles. The van der Waals surface area contributed by atoms with E-state index in [9.17, 15) is 9.59 Å². The van der Waals surface area contributed by atoms with Gasteiger partial charge in [0.2, 0.25) is 5.91 Å². The summed E-state index contributed by atoms with van der Waals surface area (Å²) in [5.74, 6) is 0.166. The van der Waals surface area contributed by atoms with Gasteiger partial charge in [-0.3, -0.25) is 14.5 Å². The van der Waals surface area contributed by atoms with E-state index in [-0.39, 0.29) is 30.8 Å². The molecular weight excluding hydrogens is 412 g/mol. The van der Waals surface area contributed by atoms with Crippen molar-refractivity contribution in [3.8, 4) is 5.75 Å². The van der Waals surface area contributed by atoms with Gasteiger partial charge in [-0.2, -0.15) is 0 Å². The number of hydrogen-bond donors (Lipinski definition) is 3. The Morgan fingerprint density at radius 1 is 1.09 bits per heavy atom. The lowest BCUT2D eigenvalue weighted by Gasteiger charge is -2.31. The Balaban J connectivity index is 1.64. The zero-order valence-corrected chi connectivity index (χ0v) is 18.2. The van der Waals surface area contributed by atoms with Crippen LogP contribution < -0.4 is 21.1 Å². The van der Waals surface area contributed by atoms with E-state index < -0.39 is 0 Å². The number of esters is 1. The zero-order valence-electron chi connectivity index (χ0n) is 18.2. The van der Waals surface area contributed by atoms with Crippen molar-refractivity contribution in [1.82, 2.24) is 20.1 Å². The summed E-state index contributed by atoms with van der Waals surface area (Å²) in [6.45, 7) is 3.87. The summed E-state index contributed by atoms with van der Waals surface area (Å²) < 4.78 is 5.53. The number of para-hydroxylation sites is 1. The van der Waals surface area contributed by atoms with Gasteiger partial charge in [0, 0.05) is 26.2 Å². The minimum absolute atomic E-state index is 0.112. The Hall–Kier alpha value is -3.41. The van der Waals surface area contributed by atoms with E-state index in [0.717, 1.165) is 26.2 Å². The quantitative estimate of drug-likeness (QED) is 0.318. The number of nitrogens with two attached hydrogens (primary N) is 1. The monoisotopic (exact) mass is 440 g/mol. The first-order valence-corrected chi connectivity index (χ1v) is 10.3. The molecule has 0 bridgehead atoms. The van der Waals surface area contributed by atoms with Crippen molar-refractivity contribution in [3.05, 3.63) is 36.4 Å². The summed E-state index contributed by atoms with van der Waals surface area (Å²) in [4.78, 5) is 32.4. The first kappa shape index (κ1) is 23.3. The van der Waals surface area contributed by atoms with Gasteiger partial charge in [-0.1, -0.05) is 12.1 Å². The molecule has 1 aliphatic rings. The number of hydrogen-bond acceptors (Lipinski definition) is 10. The maximum Gasteiger partial charge on any atom is 0.325 e. The number of benzene rings is 1. The summed E-state index contributed by atoms with van der Waals surface area (Å²) >= 11 is 0. The number of nitrogens with one attached hydrogen (secondary N) is 2. The van der Waals surface area contributed by atoms with Crippen LogP contribution in [0.1, 0.15) is 0 Å². The molecule has 4 N–H and O–H groups in total. The summed E-state index contributed by atoms with van der Waals surface area (Å²) in [5, 5.41) is 13.7. The molecule has 0 radical (unpaired) electrons. The van der Waals surface area contributed by atoms with Crippen LogP contribution in [0.25, 0.3) is 0 Å². The topological polar surface area (TPSA) is 138 Å². The Kier molecular flexibility index (Phi) is 8.20. The highest BCUT2D eigenvalue weighted by Gasteiger charge is 2.18. The number of rotatable bonds is 8. The lowest BCUT2D eigenvalue weighted by molar-refractivity contribution is -0.136. The van der Waals surface area contributed by atoms with E-state index in [2.05, 4.69) is 42.7 Å². The van der Waals surface area contributed by atoms with Gasteiger partial charge in [0.05, 0.1) is 13.1 Å². The number of amides is 1. The van der Waals surface area contributed by atoms with Crippen LogP contribution in [0.2, 0.25) is 0 Å². The molecular formula is C21H28N8O3. The van der Waals surface area contributed by atoms with Gasteiger partial charge in [0.15, 0.2) is 11.6 Å². The zero-order chi connectivity index (χ0) is 22.9. The van der Waals surface area contributed by atoms with Crippen molar-refractivity contribution in [1.29, 1.82) is 0 Å². The highest BCUT2D eigenvalue weighted by atomic mass is 16.5. The molecule has 2 heterocycles. The second-order valence-corrected chi connectivity index (χ2v) is 7.40. The number of piperazine rings is 1. The lowest BCUT2D eigenvalue weighted by atomic mass is 10.3. The number of ether oxygens (including phenoxy) is 1. The van der Waals surface area contributed by atoms with Crippen molar-refractivity contribution in [3.63, 3.8) is 0 Å². The van der Waals surface area contributed by atoms with E-state index >= 15 is 0 Å². The predicted molar refractivity (Wildman–Crippen MR) is 121 cm³/mol. The normalized spacial score (nSPS) is 15.1. The van der Waals surface area contributed by atoms with E-state index in [4.69, 9.17) is 10.5 Å². The molecule has 2 aromatic rings. The van der Waals surface area contributed by atoms with Crippen molar-refractivity contribution >= 4 is 34.9 Å². The maximum atomic E-state index is 12.4. The molecule has 11 nitrogen and oxygen atoms in total. The maximum absolute atomic E-state index is 12.4. The van der Waals surface area contributed by atoms with E-state index in [0.29, 0.717) is 22.9 Å². The lowest BCUT2D eigenvalue weighted by Crippen LogP contribution is -2.46. The average Bonchev–Trinajstić information content (AvgIpc) is 2.76. The van der Waals surface area contributed by atoms with Crippen LogP contribution in [0.15, 0.2) is 46.6 Å². The number of nitrogen functional groups attached to an aromatic ring is 1. The van der Waals surface area contributed by atoms with Crippen LogP contribution in [-0.4, -0.2) is 80.0 Å². The molecule has 0 unspecified atom stereocenters. The van der Waals surface area contributed by atoms with Gasteiger partial charge in [-0.25, -0.2) is 4.98 Å². The Morgan fingerprint density at radius 2 is 1.81 bits per heavy atom. The largest absolute Gasteiger partial charge is 0.423 e. The van der Waals surface area contributed by atoms with Crippen molar-refractivity contribution in [2.45, 2.75) is 0 Å². The standard InChI is InChI=1S/C21H28N8O3/c1-23-13-19(30)24-18-8-7-16(21(22)25-18)27-26-15-5-3-4-6-17(15)32-20(31)14-29-11-9-28(2)10-12-29/h3-8,23H,9-14H2,1-2H3,(H3,22,24,25,30)/b27-26+. The van der Waals surface area contributed by atoms with Gasteiger partial charge in [-0.05, 0) is 38.4 Å². The van der Waals surface area contributed by atoms with Crippen molar-refractivity contribution in [2.75, 3.05) is 64.4 Å². The molecule has 1 aromatic heterocycles. The van der Waals surface area contributed by atoms with E-state index in [1.807, 2.05) is 0 Å². The fraction of sp³-hybridized carbons (Fsp3) is 0.381. The van der Waals surface area contributed by atoms with Gasteiger partial charge >= 0.3 is 5.97 Å². The number of anilines is 2. The van der Waals surface area contributed by atoms with Crippen LogP contribution in [-0.2, 0) is 9.59 Å². The van der Waals surface area contributed by atoms with Gasteiger partial charge < -0.3 is 26.0 Å². The second kappa shape index (κ2) is 11.3. The highest BCUT2D eigenvalue weighted by molar-refractivity contribution is 5.91. The summed E-state index contributed by atoms with van der Waals surface area (Å²) in [5.41, 5.74) is 6.66. The number of carbonyl (C=O) groups excluding carboxylic acids is 2. The molecule has 1 fully saturated rings. The molecule has 1 aromatic carbocycles. The number of carbonyl (C=O) groups is 2. The average molecular weight is 441 g/mol. The van der Waals surface area contributed by atoms with Gasteiger partial charge in [-0.15, -0.1) is 10.2 Å². The molecule has 0 spiro atoms. The number of aromatic nitrogens is 1. The molecule has 1 amide bonds. The predicted octanol–water partition coefficient (Wildman–Crippen LogP) is 1.39. The molecule has 170 valence electrons. The summed E-state index contributed by atoms with van der Waals surface area (Å²) in [6, 6.07) is 10.1. The molecule has 11 heteroatoms. The highest BCUT2D eigenvalue weighted by Crippen LogP contribution is 2.30. The van der Waals surface area contributed by atoms with Gasteiger partial charge in [0.25, 0.3) is 0 Å². The number of pyridine rings is 1. The van der Waals surface area contributed by atoms with E-state index in [1.54, 1.807) is 43.4 Å². The fourth-order valence-electron chi connectivity index (χ4n) is 3.05. The second-order valence-electron chi connectivity index (χ2n) is 7.40. The van der Waals surface area contributed by atoms with Crippen LogP contribution >= 0.6 is 0 Å². The minimum Gasteiger partial charge on any atom is -0.423 e. The molecule has 1 saturated heterocycles. The third-order valence-electron chi connectivity index (χ3n) is 4.81. The fourth-order valence-corrected chi connectivity index (χ4v) is 3.05. The SMILES string of the molecule is CNCC(=O)Nc1ccc(/N=N/c2ccccc2OC(=O)CN2CCN(C)CC2)c(N)n1. The number of nitrogens with zero attached hydrogens (tertiary/aromatic N) is 5. The first-order valence-electron chi connectivity index (χ1n) is 10.3. The minimum atomic E-state index is -0.347. The first-order chi connectivity index (χ1) is 15.4. The Morgan fingerprint density at radius 3 is 2.53 bits per heavy atom. The number of likely N-dealkylation sites (N-methyl/N-ethyl adjacent to an activating group) is 2. The Labute approximate surface area is 186 Å². The molecule has 3 rings (SSSR count). The van der Waals surface area contributed by atoms with Crippen LogP contribution in [0.4, 0.5) is 23.0 Å². The number of azo groups is 1. The molecule has 0 saturated carbocycles. The van der Waals surface area contributed by atoms with Crippen molar-refractivity contribution in [2.24, 2.45) is 10.2 Å². The van der Waals surface area contributed by atoms with E-state index in [1.165, 1.54) is 0 Å². The third-order valence-corrected chi connectivity index (χ3v) is 4.81. The Bertz CT molecular complexity index is 973. The van der Waals surface area contributed by atoms with Crippen LogP contribution in [0.5, 0.6) is 5.75 Å².